The fourth-order valence-electron chi connectivity index (χ4n) is 1.22. The Morgan fingerprint density at radius 3 is 2.40 bits per heavy atom. The van der Waals surface area contributed by atoms with Gasteiger partial charge in [-0.05, 0) is 17.6 Å². The van der Waals surface area contributed by atoms with E-state index in [0.717, 1.165) is 17.7 Å². The first-order valence-electron chi connectivity index (χ1n) is 6.35. The zero-order valence-corrected chi connectivity index (χ0v) is 11.6. The molecule has 1 aromatic rings. The van der Waals surface area contributed by atoms with Gasteiger partial charge >= 0.3 is 11.9 Å². The van der Waals surface area contributed by atoms with Crippen LogP contribution in [-0.4, -0.2) is 18.5 Å². The molecule has 0 aliphatic heterocycles. The molecular formula is C16H18O4. The van der Waals surface area contributed by atoms with Crippen LogP contribution in [-0.2, 0) is 19.1 Å². The third-order valence-corrected chi connectivity index (χ3v) is 2.16. The van der Waals surface area contributed by atoms with Crippen molar-refractivity contribution in [2.45, 2.75) is 13.8 Å². The smallest absolute Gasteiger partial charge is 0.335 e. The Balaban J connectivity index is 2.33. The van der Waals surface area contributed by atoms with Crippen molar-refractivity contribution in [2.24, 2.45) is 5.92 Å². The highest BCUT2D eigenvalue weighted by Gasteiger charge is 2.01. The van der Waals surface area contributed by atoms with Crippen LogP contribution in [0.3, 0.4) is 0 Å². The molecule has 4 heteroatoms. The van der Waals surface area contributed by atoms with Crippen LogP contribution in [0.25, 0.3) is 6.08 Å². The minimum absolute atomic E-state index is 0.258. The quantitative estimate of drug-likeness (QED) is 0.454. The van der Waals surface area contributed by atoms with Crippen molar-refractivity contribution < 1.29 is 19.1 Å². The number of carbonyl (C=O) groups excluding carboxylic acids is 2. The van der Waals surface area contributed by atoms with E-state index < -0.39 is 11.9 Å². The Labute approximate surface area is 118 Å². The highest BCUT2D eigenvalue weighted by atomic mass is 16.5. The molecular weight excluding hydrogens is 256 g/mol. The van der Waals surface area contributed by atoms with Crippen LogP contribution in [0.5, 0.6) is 0 Å². The Morgan fingerprint density at radius 1 is 1.10 bits per heavy atom. The van der Waals surface area contributed by atoms with Gasteiger partial charge in [0.2, 0.25) is 0 Å². The number of esters is 2. The van der Waals surface area contributed by atoms with Crippen molar-refractivity contribution in [3.8, 4) is 0 Å². The second-order valence-electron chi connectivity index (χ2n) is 4.51. The molecule has 20 heavy (non-hydrogen) atoms. The van der Waals surface area contributed by atoms with Crippen LogP contribution >= 0.6 is 0 Å². The van der Waals surface area contributed by atoms with E-state index in [9.17, 15) is 9.59 Å². The third-order valence-electron chi connectivity index (χ3n) is 2.16. The van der Waals surface area contributed by atoms with Crippen LogP contribution < -0.4 is 0 Å². The molecule has 1 rings (SSSR count). The maximum Gasteiger partial charge on any atom is 0.335 e. The third kappa shape index (κ3) is 7.16. The van der Waals surface area contributed by atoms with Crippen molar-refractivity contribution in [2.75, 3.05) is 6.61 Å². The summed E-state index contributed by atoms with van der Waals surface area (Å²) in [6, 6.07) is 9.42. The van der Waals surface area contributed by atoms with Crippen LogP contribution in [0, 0.1) is 5.92 Å². The lowest BCUT2D eigenvalue weighted by atomic mass is 10.2. The average molecular weight is 274 g/mol. The van der Waals surface area contributed by atoms with E-state index in [2.05, 4.69) is 0 Å². The molecule has 1 aromatic carbocycles. The number of hydrogen-bond acceptors (Lipinski definition) is 4. The molecule has 0 aromatic heterocycles. The lowest BCUT2D eigenvalue weighted by Gasteiger charge is -2.03. The van der Waals surface area contributed by atoms with Crippen LogP contribution in [0.1, 0.15) is 19.4 Å². The van der Waals surface area contributed by atoms with Crippen molar-refractivity contribution >= 4 is 18.0 Å². The van der Waals surface area contributed by atoms with Gasteiger partial charge in [-0.15, -0.1) is 0 Å². The fourth-order valence-corrected chi connectivity index (χ4v) is 1.22. The fraction of sp³-hybridized carbons (Fsp3) is 0.250. The van der Waals surface area contributed by atoms with Gasteiger partial charge in [0.15, 0.2) is 0 Å². The molecule has 0 bridgehead atoms. The molecule has 0 saturated carbocycles. The minimum atomic E-state index is -0.626. The number of rotatable bonds is 6. The summed E-state index contributed by atoms with van der Waals surface area (Å²) >= 11 is 0. The molecule has 0 N–H and O–H groups in total. The summed E-state index contributed by atoms with van der Waals surface area (Å²) in [5, 5.41) is 0. The molecule has 0 heterocycles. The largest absolute Gasteiger partial charge is 0.462 e. The van der Waals surface area contributed by atoms with Gasteiger partial charge < -0.3 is 9.47 Å². The van der Waals surface area contributed by atoms with E-state index in [1.807, 2.05) is 44.2 Å². The molecule has 0 amide bonds. The summed E-state index contributed by atoms with van der Waals surface area (Å²) in [6.45, 7) is 4.19. The lowest BCUT2D eigenvalue weighted by Crippen LogP contribution is -2.08. The van der Waals surface area contributed by atoms with Gasteiger partial charge in [-0.2, -0.15) is 0 Å². The Morgan fingerprint density at radius 2 is 1.75 bits per heavy atom. The van der Waals surface area contributed by atoms with E-state index in [1.165, 1.54) is 6.26 Å². The predicted molar refractivity (Wildman–Crippen MR) is 76.5 cm³/mol. The van der Waals surface area contributed by atoms with E-state index >= 15 is 0 Å². The molecule has 4 nitrogen and oxygen atoms in total. The molecule has 0 atom stereocenters. The van der Waals surface area contributed by atoms with Gasteiger partial charge in [-0.25, -0.2) is 9.59 Å². The monoisotopic (exact) mass is 274 g/mol. The highest BCUT2D eigenvalue weighted by Crippen LogP contribution is 2.01. The van der Waals surface area contributed by atoms with E-state index in [0.29, 0.717) is 6.61 Å². The topological polar surface area (TPSA) is 52.6 Å². The maximum absolute atomic E-state index is 11.3. The molecule has 106 valence electrons. The van der Waals surface area contributed by atoms with Gasteiger partial charge in [0.25, 0.3) is 0 Å². The number of carbonyl (C=O) groups is 2. The van der Waals surface area contributed by atoms with Gasteiger partial charge in [0, 0.05) is 12.2 Å². The summed E-state index contributed by atoms with van der Waals surface area (Å²) in [7, 11) is 0. The Bertz CT molecular complexity index is 486. The van der Waals surface area contributed by atoms with E-state index in [4.69, 9.17) is 9.47 Å². The van der Waals surface area contributed by atoms with Gasteiger partial charge in [-0.1, -0.05) is 44.2 Å². The molecule has 0 aliphatic carbocycles. The number of hydrogen-bond donors (Lipinski definition) is 0. The summed E-state index contributed by atoms with van der Waals surface area (Å²) in [5.41, 5.74) is 0.917. The first-order valence-corrected chi connectivity index (χ1v) is 6.35. The lowest BCUT2D eigenvalue weighted by molar-refractivity contribution is -0.139. The second kappa shape index (κ2) is 8.69. The predicted octanol–water partition coefficient (Wildman–Crippen LogP) is 2.96. The Kier molecular flexibility index (Phi) is 6.82. The number of benzene rings is 1. The summed E-state index contributed by atoms with van der Waals surface area (Å²) < 4.78 is 9.68. The second-order valence-corrected chi connectivity index (χ2v) is 4.51. The standard InChI is InChI=1S/C16H18O4/c1-13(2)12-20-16(18)9-8-15(17)19-11-10-14-6-4-3-5-7-14/h3-11,13H,12H2,1-2H3/b9-8-,11-10?. The highest BCUT2D eigenvalue weighted by molar-refractivity contribution is 5.91. The van der Waals surface area contributed by atoms with Crippen LogP contribution in [0.4, 0.5) is 0 Å². The molecule has 0 aliphatic rings. The van der Waals surface area contributed by atoms with Crippen molar-refractivity contribution in [1.29, 1.82) is 0 Å². The normalized spacial score (nSPS) is 11.2. The average Bonchev–Trinajstić information content (AvgIpc) is 2.44. The Hall–Kier alpha value is -2.36. The molecule has 0 radical (unpaired) electrons. The maximum atomic E-state index is 11.3. The molecule has 0 unspecified atom stereocenters. The van der Waals surface area contributed by atoms with E-state index in [1.54, 1.807) is 6.08 Å². The minimum Gasteiger partial charge on any atom is -0.462 e. The molecule has 0 fully saturated rings. The van der Waals surface area contributed by atoms with Crippen molar-refractivity contribution in [1.82, 2.24) is 0 Å². The van der Waals surface area contributed by atoms with Crippen LogP contribution in [0.15, 0.2) is 48.7 Å². The first kappa shape index (κ1) is 15.7. The van der Waals surface area contributed by atoms with Gasteiger partial charge in [-0.3, -0.25) is 0 Å². The zero-order chi connectivity index (χ0) is 14.8. The molecule has 0 spiro atoms. The van der Waals surface area contributed by atoms with Gasteiger partial charge in [0.1, 0.15) is 0 Å². The van der Waals surface area contributed by atoms with Crippen LogP contribution in [0.2, 0.25) is 0 Å². The summed E-state index contributed by atoms with van der Waals surface area (Å²) in [6.07, 6.45) is 5.03. The summed E-state index contributed by atoms with van der Waals surface area (Å²) in [4.78, 5) is 22.5. The summed E-state index contributed by atoms with van der Waals surface area (Å²) in [5.74, 6) is -0.922. The molecule has 0 saturated heterocycles. The van der Waals surface area contributed by atoms with Gasteiger partial charge in [0.05, 0.1) is 12.9 Å². The van der Waals surface area contributed by atoms with Crippen molar-refractivity contribution in [3.05, 3.63) is 54.3 Å². The van der Waals surface area contributed by atoms with Crippen molar-refractivity contribution in [3.63, 3.8) is 0 Å². The SMILES string of the molecule is CC(C)COC(=O)/C=C\C(=O)OC=Cc1ccccc1. The first-order chi connectivity index (χ1) is 9.58. The van der Waals surface area contributed by atoms with E-state index in [-0.39, 0.29) is 5.92 Å². The zero-order valence-electron chi connectivity index (χ0n) is 11.6. The number of ether oxygens (including phenoxy) is 2.